The summed E-state index contributed by atoms with van der Waals surface area (Å²) in [6.07, 6.45) is 8.47. The Balaban J connectivity index is 1.49. The Morgan fingerprint density at radius 2 is 1.86 bits per heavy atom. The quantitative estimate of drug-likeness (QED) is 0.129. The lowest BCUT2D eigenvalue weighted by Gasteiger charge is -2.06. The number of amides is 2. The van der Waals surface area contributed by atoms with Crippen molar-refractivity contribution in [3.63, 3.8) is 0 Å². The van der Waals surface area contributed by atoms with E-state index in [2.05, 4.69) is 31.8 Å². The molecular formula is C26H22BrN3O6. The van der Waals surface area contributed by atoms with Gasteiger partial charge in [0.2, 0.25) is 5.91 Å². The van der Waals surface area contributed by atoms with Crippen molar-refractivity contribution in [1.82, 2.24) is 10.7 Å². The smallest absolute Gasteiger partial charge is 0.336 e. The van der Waals surface area contributed by atoms with Crippen LogP contribution in [0.4, 0.5) is 0 Å². The maximum absolute atomic E-state index is 12.1. The number of nitrogens with zero attached hydrogens (tertiary/aromatic N) is 1. The Bertz CT molecular complexity index is 1280. The van der Waals surface area contributed by atoms with Crippen LogP contribution in [0.3, 0.4) is 0 Å². The molecule has 0 aliphatic rings. The molecule has 0 atom stereocenters. The fourth-order valence-electron chi connectivity index (χ4n) is 2.72. The van der Waals surface area contributed by atoms with Gasteiger partial charge in [-0.05, 0) is 60.2 Å². The standard InChI is InChI=1S/C26H22BrN3O6/c1-34-21-8-4-18(5-9-21)6-12-24(31)28-17-25(32)30-29-16-19-15-20(27)7-11-23(19)36-26(33)13-10-22-3-2-14-35-22/h2-16H,17H2,1H3,(H,28,31)(H,30,32)/b12-6+,13-10+,29-16?. The summed E-state index contributed by atoms with van der Waals surface area (Å²) in [5.41, 5.74) is 3.56. The van der Waals surface area contributed by atoms with Crippen LogP contribution in [0, 0.1) is 0 Å². The molecule has 36 heavy (non-hydrogen) atoms. The molecule has 184 valence electrons. The second-order valence-corrected chi connectivity index (χ2v) is 7.99. The Kier molecular flexibility index (Phi) is 9.78. The lowest BCUT2D eigenvalue weighted by molar-refractivity contribution is -0.129. The number of carbonyl (C=O) groups excluding carboxylic acids is 3. The van der Waals surface area contributed by atoms with Crippen molar-refractivity contribution in [2.45, 2.75) is 0 Å². The molecule has 0 unspecified atom stereocenters. The Morgan fingerprint density at radius 3 is 2.58 bits per heavy atom. The number of ether oxygens (including phenoxy) is 2. The number of nitrogens with one attached hydrogen (secondary N) is 2. The van der Waals surface area contributed by atoms with Gasteiger partial charge in [-0.3, -0.25) is 9.59 Å². The molecule has 0 spiro atoms. The van der Waals surface area contributed by atoms with Gasteiger partial charge in [0.25, 0.3) is 5.91 Å². The van der Waals surface area contributed by atoms with Crippen molar-refractivity contribution >= 4 is 52.1 Å². The summed E-state index contributed by atoms with van der Waals surface area (Å²) in [5.74, 6) is -0.124. The van der Waals surface area contributed by atoms with E-state index < -0.39 is 17.8 Å². The number of carbonyl (C=O) groups is 3. The zero-order chi connectivity index (χ0) is 25.8. The summed E-state index contributed by atoms with van der Waals surface area (Å²) in [6, 6.07) is 15.5. The number of furan rings is 1. The summed E-state index contributed by atoms with van der Waals surface area (Å²) in [4.78, 5) is 36.1. The van der Waals surface area contributed by atoms with Gasteiger partial charge >= 0.3 is 5.97 Å². The predicted octanol–water partition coefficient (Wildman–Crippen LogP) is 3.95. The molecule has 0 saturated carbocycles. The number of halogens is 1. The van der Waals surface area contributed by atoms with E-state index in [4.69, 9.17) is 13.9 Å². The topological polar surface area (TPSA) is 119 Å². The van der Waals surface area contributed by atoms with Gasteiger partial charge in [0.05, 0.1) is 26.1 Å². The van der Waals surface area contributed by atoms with Gasteiger partial charge in [-0.25, -0.2) is 10.2 Å². The van der Waals surface area contributed by atoms with Gasteiger partial charge in [-0.1, -0.05) is 28.1 Å². The Morgan fingerprint density at radius 1 is 1.06 bits per heavy atom. The second-order valence-electron chi connectivity index (χ2n) is 7.07. The lowest BCUT2D eigenvalue weighted by atomic mass is 10.2. The van der Waals surface area contributed by atoms with Crippen LogP contribution in [0.25, 0.3) is 12.2 Å². The van der Waals surface area contributed by atoms with Crippen molar-refractivity contribution in [2.24, 2.45) is 5.10 Å². The number of hydrogen-bond acceptors (Lipinski definition) is 7. The summed E-state index contributed by atoms with van der Waals surface area (Å²) in [7, 11) is 1.57. The second kappa shape index (κ2) is 13.4. The molecule has 9 nitrogen and oxygen atoms in total. The highest BCUT2D eigenvalue weighted by Crippen LogP contribution is 2.22. The monoisotopic (exact) mass is 551 g/mol. The fraction of sp³-hybridized carbons (Fsp3) is 0.0769. The van der Waals surface area contributed by atoms with Crippen LogP contribution in [0.2, 0.25) is 0 Å². The third kappa shape index (κ3) is 8.73. The SMILES string of the molecule is COc1ccc(/C=C/C(=O)NCC(=O)NN=Cc2cc(Br)ccc2OC(=O)/C=C/c2ccco2)cc1. The highest BCUT2D eigenvalue weighted by atomic mass is 79.9. The van der Waals surface area contributed by atoms with E-state index in [1.54, 1.807) is 67.8 Å². The van der Waals surface area contributed by atoms with E-state index in [9.17, 15) is 14.4 Å². The molecule has 2 aromatic carbocycles. The maximum Gasteiger partial charge on any atom is 0.336 e. The first kappa shape index (κ1) is 26.2. The zero-order valence-corrected chi connectivity index (χ0v) is 20.7. The number of methoxy groups -OCH3 is 1. The normalized spacial score (nSPS) is 11.2. The van der Waals surface area contributed by atoms with Crippen LogP contribution in [-0.2, 0) is 14.4 Å². The molecule has 0 bridgehead atoms. The molecule has 0 saturated heterocycles. The zero-order valence-electron chi connectivity index (χ0n) is 19.1. The van der Waals surface area contributed by atoms with Crippen LogP contribution in [0.1, 0.15) is 16.9 Å². The van der Waals surface area contributed by atoms with Crippen LogP contribution in [-0.4, -0.2) is 37.7 Å². The first-order valence-electron chi connectivity index (χ1n) is 10.6. The van der Waals surface area contributed by atoms with E-state index in [-0.39, 0.29) is 12.3 Å². The van der Waals surface area contributed by atoms with Gasteiger partial charge in [0.1, 0.15) is 17.3 Å². The number of rotatable bonds is 10. The Hall–Kier alpha value is -4.44. The van der Waals surface area contributed by atoms with E-state index in [1.807, 2.05) is 0 Å². The highest BCUT2D eigenvalue weighted by Gasteiger charge is 2.08. The van der Waals surface area contributed by atoms with Gasteiger partial charge in [0, 0.05) is 22.2 Å². The molecule has 10 heteroatoms. The third-order valence-corrected chi connectivity index (χ3v) is 4.96. The van der Waals surface area contributed by atoms with Gasteiger partial charge in [0.15, 0.2) is 0 Å². The average molecular weight is 552 g/mol. The van der Waals surface area contributed by atoms with Crippen LogP contribution >= 0.6 is 15.9 Å². The first-order valence-corrected chi connectivity index (χ1v) is 11.4. The maximum atomic E-state index is 12.1. The number of esters is 1. The fourth-order valence-corrected chi connectivity index (χ4v) is 3.10. The molecule has 1 aromatic heterocycles. The van der Waals surface area contributed by atoms with E-state index >= 15 is 0 Å². The molecule has 1 heterocycles. The molecule has 0 radical (unpaired) electrons. The third-order valence-electron chi connectivity index (χ3n) is 4.47. The number of benzene rings is 2. The molecule has 0 aliphatic carbocycles. The van der Waals surface area contributed by atoms with Crippen LogP contribution in [0.15, 0.2) is 87.0 Å². The molecule has 3 rings (SSSR count). The van der Waals surface area contributed by atoms with Gasteiger partial charge < -0.3 is 19.2 Å². The minimum Gasteiger partial charge on any atom is -0.497 e. The summed E-state index contributed by atoms with van der Waals surface area (Å²) >= 11 is 3.34. The largest absolute Gasteiger partial charge is 0.497 e. The first-order chi connectivity index (χ1) is 17.4. The van der Waals surface area contributed by atoms with Crippen LogP contribution < -0.4 is 20.2 Å². The molecule has 3 aromatic rings. The molecule has 0 fully saturated rings. The summed E-state index contributed by atoms with van der Waals surface area (Å²) in [6.45, 7) is -0.277. The van der Waals surface area contributed by atoms with Crippen LogP contribution in [0.5, 0.6) is 11.5 Å². The van der Waals surface area contributed by atoms with Crippen molar-refractivity contribution in [2.75, 3.05) is 13.7 Å². The minimum atomic E-state index is -0.613. The lowest BCUT2D eigenvalue weighted by Crippen LogP contribution is -2.34. The van der Waals surface area contributed by atoms with E-state index in [0.717, 1.165) is 10.0 Å². The van der Waals surface area contributed by atoms with Crippen molar-refractivity contribution in [3.8, 4) is 11.5 Å². The summed E-state index contributed by atoms with van der Waals surface area (Å²) < 4.78 is 16.3. The van der Waals surface area contributed by atoms with E-state index in [1.165, 1.54) is 30.7 Å². The number of hydrogen-bond donors (Lipinski definition) is 2. The number of hydrazone groups is 1. The minimum absolute atomic E-state index is 0.238. The highest BCUT2D eigenvalue weighted by molar-refractivity contribution is 9.10. The Labute approximate surface area is 215 Å². The predicted molar refractivity (Wildman–Crippen MR) is 138 cm³/mol. The van der Waals surface area contributed by atoms with Crippen molar-refractivity contribution < 1.29 is 28.3 Å². The van der Waals surface area contributed by atoms with Gasteiger partial charge in [-0.15, -0.1) is 0 Å². The van der Waals surface area contributed by atoms with Crippen molar-refractivity contribution in [3.05, 3.63) is 94.4 Å². The van der Waals surface area contributed by atoms with Crippen molar-refractivity contribution in [1.29, 1.82) is 0 Å². The van der Waals surface area contributed by atoms with Gasteiger partial charge in [-0.2, -0.15) is 5.10 Å². The molecule has 0 aliphatic heterocycles. The molecule has 2 amide bonds. The van der Waals surface area contributed by atoms with E-state index in [0.29, 0.717) is 17.1 Å². The average Bonchev–Trinajstić information content (AvgIpc) is 3.40. The molecular weight excluding hydrogens is 530 g/mol. The summed E-state index contributed by atoms with van der Waals surface area (Å²) in [5, 5.41) is 6.34. The molecule has 2 N–H and O–H groups in total.